The van der Waals surface area contributed by atoms with Crippen LogP contribution in [0.2, 0.25) is 0 Å². The van der Waals surface area contributed by atoms with E-state index in [9.17, 15) is 13.2 Å². The molecule has 25 heavy (non-hydrogen) atoms. The number of carbonyl (C=O) groups excluding carboxylic acids is 1. The van der Waals surface area contributed by atoms with E-state index in [4.69, 9.17) is 0 Å². The number of aromatic amines is 1. The predicted molar refractivity (Wildman–Crippen MR) is 97.3 cm³/mol. The van der Waals surface area contributed by atoms with E-state index < -0.39 is 10.0 Å². The van der Waals surface area contributed by atoms with Crippen molar-refractivity contribution in [2.45, 2.75) is 48.7 Å². The summed E-state index contributed by atoms with van der Waals surface area (Å²) < 4.78 is 26.8. The lowest BCUT2D eigenvalue weighted by Crippen LogP contribution is -2.48. The summed E-state index contributed by atoms with van der Waals surface area (Å²) in [7, 11) is -3.52. The standard InChI is InChI=1S/C16H24N4O3S2/c21-16(19-13-7-11-1-2-12(8-13)18-11)15-9-14(10-17-15)25(22,23)20-3-5-24-6-4-20/h9-13,17-18H,1-8H2,(H,19,21). The van der Waals surface area contributed by atoms with Crippen molar-refractivity contribution in [3.63, 3.8) is 0 Å². The second-order valence-electron chi connectivity index (χ2n) is 7.05. The summed E-state index contributed by atoms with van der Waals surface area (Å²) in [6, 6.07) is 2.62. The zero-order valence-corrected chi connectivity index (χ0v) is 15.7. The fraction of sp³-hybridized carbons (Fsp3) is 0.688. The number of carbonyl (C=O) groups is 1. The first-order valence-electron chi connectivity index (χ1n) is 8.85. The SMILES string of the molecule is O=C(NC1CC2CCC(C1)N2)c1cc(S(=O)(=O)N2CCSCC2)c[nH]1. The maximum absolute atomic E-state index is 12.7. The van der Waals surface area contributed by atoms with Crippen LogP contribution in [-0.2, 0) is 10.0 Å². The van der Waals surface area contributed by atoms with Crippen LogP contribution >= 0.6 is 11.8 Å². The number of rotatable bonds is 4. The Morgan fingerprint density at radius 1 is 1.20 bits per heavy atom. The van der Waals surface area contributed by atoms with Crippen LogP contribution in [0.4, 0.5) is 0 Å². The molecule has 1 amide bonds. The minimum absolute atomic E-state index is 0.161. The molecule has 7 nitrogen and oxygen atoms in total. The lowest BCUT2D eigenvalue weighted by Gasteiger charge is -2.29. The third kappa shape index (κ3) is 3.60. The zero-order valence-electron chi connectivity index (χ0n) is 14.0. The van der Waals surface area contributed by atoms with E-state index in [1.807, 2.05) is 0 Å². The van der Waals surface area contributed by atoms with Gasteiger partial charge in [-0.1, -0.05) is 0 Å². The van der Waals surface area contributed by atoms with Crippen molar-refractivity contribution in [3.8, 4) is 0 Å². The van der Waals surface area contributed by atoms with Gasteiger partial charge in [0.15, 0.2) is 0 Å². The summed E-state index contributed by atoms with van der Waals surface area (Å²) in [5.41, 5.74) is 0.316. The number of sulfonamides is 1. The van der Waals surface area contributed by atoms with Crippen LogP contribution < -0.4 is 10.6 Å². The molecule has 9 heteroatoms. The fourth-order valence-electron chi connectivity index (χ4n) is 4.03. The molecule has 1 aromatic heterocycles. The van der Waals surface area contributed by atoms with Crippen molar-refractivity contribution < 1.29 is 13.2 Å². The van der Waals surface area contributed by atoms with E-state index in [1.54, 1.807) is 11.8 Å². The second kappa shape index (κ2) is 6.94. The molecular weight excluding hydrogens is 360 g/mol. The quantitative estimate of drug-likeness (QED) is 0.713. The Bertz CT molecular complexity index is 730. The van der Waals surface area contributed by atoms with Crippen LogP contribution in [0.3, 0.4) is 0 Å². The first-order valence-corrected chi connectivity index (χ1v) is 11.4. The molecule has 2 atom stereocenters. The van der Waals surface area contributed by atoms with Gasteiger partial charge in [-0.2, -0.15) is 16.1 Å². The topological polar surface area (TPSA) is 94.3 Å². The van der Waals surface area contributed by atoms with E-state index in [1.165, 1.54) is 29.4 Å². The summed E-state index contributed by atoms with van der Waals surface area (Å²) in [4.78, 5) is 15.5. The van der Waals surface area contributed by atoms with Gasteiger partial charge in [-0.3, -0.25) is 4.79 Å². The molecule has 4 heterocycles. The number of fused-ring (bicyclic) bond motifs is 2. The molecule has 0 spiro atoms. The van der Waals surface area contributed by atoms with Gasteiger partial charge < -0.3 is 15.6 Å². The van der Waals surface area contributed by atoms with Gasteiger partial charge in [0.2, 0.25) is 10.0 Å². The monoisotopic (exact) mass is 384 g/mol. The lowest BCUT2D eigenvalue weighted by atomic mass is 10.00. The minimum atomic E-state index is -3.52. The van der Waals surface area contributed by atoms with Crippen LogP contribution in [0.15, 0.2) is 17.2 Å². The lowest BCUT2D eigenvalue weighted by molar-refractivity contribution is 0.0919. The van der Waals surface area contributed by atoms with Gasteiger partial charge in [0.05, 0.1) is 0 Å². The molecule has 1 aromatic rings. The maximum atomic E-state index is 12.7. The average molecular weight is 385 g/mol. The van der Waals surface area contributed by atoms with E-state index in [0.717, 1.165) is 24.3 Å². The number of H-pyrrole nitrogens is 1. The molecule has 3 fully saturated rings. The highest BCUT2D eigenvalue weighted by molar-refractivity contribution is 7.99. The number of piperidine rings is 1. The molecule has 0 aromatic carbocycles. The molecule has 0 saturated carbocycles. The molecule has 3 saturated heterocycles. The summed E-state index contributed by atoms with van der Waals surface area (Å²) in [6.07, 6.45) is 5.67. The average Bonchev–Trinajstić information content (AvgIpc) is 3.23. The number of aromatic nitrogens is 1. The zero-order chi connectivity index (χ0) is 17.4. The van der Waals surface area contributed by atoms with Gasteiger partial charge in [-0.05, 0) is 31.7 Å². The van der Waals surface area contributed by atoms with Crippen molar-refractivity contribution >= 4 is 27.7 Å². The minimum Gasteiger partial charge on any atom is -0.356 e. The van der Waals surface area contributed by atoms with Crippen molar-refractivity contribution in [1.82, 2.24) is 19.9 Å². The van der Waals surface area contributed by atoms with E-state index >= 15 is 0 Å². The van der Waals surface area contributed by atoms with Gasteiger partial charge in [0, 0.05) is 48.9 Å². The Balaban J connectivity index is 1.42. The summed E-state index contributed by atoms with van der Waals surface area (Å²) in [5.74, 6) is 1.41. The van der Waals surface area contributed by atoms with Gasteiger partial charge >= 0.3 is 0 Å². The number of nitrogens with zero attached hydrogens (tertiary/aromatic N) is 1. The number of nitrogens with one attached hydrogen (secondary N) is 3. The molecule has 3 aliphatic rings. The van der Waals surface area contributed by atoms with Gasteiger partial charge in [-0.25, -0.2) is 8.42 Å². The van der Waals surface area contributed by atoms with Crippen LogP contribution in [0, 0.1) is 0 Å². The van der Waals surface area contributed by atoms with Crippen LogP contribution in [0.1, 0.15) is 36.2 Å². The molecule has 3 N–H and O–H groups in total. The second-order valence-corrected chi connectivity index (χ2v) is 10.2. The Morgan fingerprint density at radius 3 is 2.56 bits per heavy atom. The van der Waals surface area contributed by atoms with Gasteiger partial charge in [0.1, 0.15) is 10.6 Å². The summed E-state index contributed by atoms with van der Waals surface area (Å²) >= 11 is 1.76. The third-order valence-electron chi connectivity index (χ3n) is 5.32. The molecule has 2 bridgehead atoms. The van der Waals surface area contributed by atoms with Crippen molar-refractivity contribution in [3.05, 3.63) is 18.0 Å². The fourth-order valence-corrected chi connectivity index (χ4v) is 6.60. The molecule has 0 aliphatic carbocycles. The summed E-state index contributed by atoms with van der Waals surface area (Å²) in [5, 5.41) is 6.61. The van der Waals surface area contributed by atoms with Crippen LogP contribution in [0.5, 0.6) is 0 Å². The normalized spacial score (nSPS) is 30.3. The molecule has 4 rings (SSSR count). The Labute approximate surface area is 152 Å². The highest BCUT2D eigenvalue weighted by Gasteiger charge is 2.34. The Morgan fingerprint density at radius 2 is 1.88 bits per heavy atom. The number of thioether (sulfide) groups is 1. The first kappa shape index (κ1) is 17.4. The van der Waals surface area contributed by atoms with Crippen LogP contribution in [0.25, 0.3) is 0 Å². The van der Waals surface area contributed by atoms with Crippen molar-refractivity contribution in [2.24, 2.45) is 0 Å². The predicted octanol–water partition coefficient (Wildman–Crippen LogP) is 0.765. The highest BCUT2D eigenvalue weighted by atomic mass is 32.2. The Hall–Kier alpha value is -1.03. The van der Waals surface area contributed by atoms with E-state index in [2.05, 4.69) is 15.6 Å². The molecule has 3 aliphatic heterocycles. The highest BCUT2D eigenvalue weighted by Crippen LogP contribution is 2.27. The number of hydrogen-bond donors (Lipinski definition) is 3. The van der Waals surface area contributed by atoms with E-state index in [-0.39, 0.29) is 16.8 Å². The molecular formula is C16H24N4O3S2. The smallest absolute Gasteiger partial charge is 0.267 e. The van der Waals surface area contributed by atoms with Crippen molar-refractivity contribution in [2.75, 3.05) is 24.6 Å². The van der Waals surface area contributed by atoms with E-state index in [0.29, 0.717) is 30.9 Å². The number of hydrogen-bond acceptors (Lipinski definition) is 5. The maximum Gasteiger partial charge on any atom is 0.267 e. The largest absolute Gasteiger partial charge is 0.356 e. The molecule has 0 radical (unpaired) electrons. The first-order chi connectivity index (χ1) is 12.0. The Kier molecular flexibility index (Phi) is 4.83. The van der Waals surface area contributed by atoms with Gasteiger partial charge in [0.25, 0.3) is 5.91 Å². The van der Waals surface area contributed by atoms with Crippen molar-refractivity contribution in [1.29, 1.82) is 0 Å². The molecule has 138 valence electrons. The van der Waals surface area contributed by atoms with Crippen LogP contribution in [-0.4, -0.2) is 66.3 Å². The summed E-state index contributed by atoms with van der Waals surface area (Å²) in [6.45, 7) is 1.05. The van der Waals surface area contributed by atoms with Gasteiger partial charge in [-0.15, -0.1) is 0 Å². The molecule has 2 unspecified atom stereocenters. The third-order valence-corrected chi connectivity index (χ3v) is 8.14. The number of amides is 1.